The summed E-state index contributed by atoms with van der Waals surface area (Å²) in [6, 6.07) is 25.4. The number of fused-ring (bicyclic) bond motifs is 7. The summed E-state index contributed by atoms with van der Waals surface area (Å²) in [5.74, 6) is 0. The molecule has 0 aliphatic heterocycles. The molecule has 4 heterocycles. The van der Waals surface area contributed by atoms with E-state index in [2.05, 4.69) is 73.7 Å². The highest BCUT2D eigenvalue weighted by Gasteiger charge is 2.16. The van der Waals surface area contributed by atoms with E-state index in [4.69, 9.17) is 0 Å². The fraction of sp³-hybridized carbons (Fsp3) is 0.333. The topological polar surface area (TPSA) is 0 Å². The Balaban J connectivity index is 1.07. The van der Waals surface area contributed by atoms with Gasteiger partial charge in [-0.25, -0.2) is 0 Å². The standard InChI is InChI=1S/C36H36S4/c1-2-3-4-5-6-7-8-9-10-14-17-27-18-25-19-28-33(22-31(25)37-27)39-36-29-20-26-21-30(24-15-12-11-13-16-24)38-32(26)23-34(29)40-35(28)36/h11-13,15-16,18-23H,2-10,14,17H2,1H3. The maximum atomic E-state index is 2.48. The molecule has 0 saturated carbocycles. The van der Waals surface area contributed by atoms with Crippen molar-refractivity contribution in [1.29, 1.82) is 0 Å². The van der Waals surface area contributed by atoms with Gasteiger partial charge in [0.05, 0.1) is 9.40 Å². The van der Waals surface area contributed by atoms with Crippen LogP contribution in [0.1, 0.15) is 76.0 Å². The summed E-state index contributed by atoms with van der Waals surface area (Å²) in [6.45, 7) is 2.30. The van der Waals surface area contributed by atoms with E-state index in [1.54, 1.807) is 4.88 Å². The van der Waals surface area contributed by atoms with E-state index < -0.39 is 0 Å². The predicted molar refractivity (Wildman–Crippen MR) is 186 cm³/mol. The van der Waals surface area contributed by atoms with Crippen molar-refractivity contribution in [3.05, 3.63) is 71.6 Å². The zero-order chi connectivity index (χ0) is 26.9. The molecule has 7 aromatic rings. The smallest absolute Gasteiger partial charge is 0.0542 e. The van der Waals surface area contributed by atoms with E-state index in [1.807, 2.05) is 45.3 Å². The Morgan fingerprint density at radius 2 is 1.07 bits per heavy atom. The first-order valence-electron chi connectivity index (χ1n) is 15.1. The van der Waals surface area contributed by atoms with Crippen LogP contribution in [0.2, 0.25) is 0 Å². The van der Waals surface area contributed by atoms with Gasteiger partial charge in [-0.2, -0.15) is 0 Å². The lowest BCUT2D eigenvalue weighted by Gasteiger charge is -2.01. The second-order valence-corrected chi connectivity index (χ2v) is 15.6. The molecule has 0 aliphatic carbocycles. The Hall–Kier alpha value is -2.24. The number of benzene rings is 3. The molecule has 7 rings (SSSR count). The highest BCUT2D eigenvalue weighted by atomic mass is 32.1. The highest BCUT2D eigenvalue weighted by molar-refractivity contribution is 7.37. The minimum absolute atomic E-state index is 1.24. The van der Waals surface area contributed by atoms with Gasteiger partial charge in [-0.15, -0.1) is 45.3 Å². The van der Waals surface area contributed by atoms with Crippen LogP contribution in [0.5, 0.6) is 0 Å². The molecule has 204 valence electrons. The molecule has 40 heavy (non-hydrogen) atoms. The summed E-state index contributed by atoms with van der Waals surface area (Å²) >= 11 is 7.91. The average molecular weight is 597 g/mol. The van der Waals surface area contributed by atoms with Crippen molar-refractivity contribution in [2.75, 3.05) is 0 Å². The second kappa shape index (κ2) is 11.9. The third-order valence-corrected chi connectivity index (χ3v) is 13.0. The third kappa shape index (κ3) is 5.36. The van der Waals surface area contributed by atoms with Crippen molar-refractivity contribution < 1.29 is 0 Å². The number of hydrogen-bond donors (Lipinski definition) is 0. The molecule has 0 fully saturated rings. The predicted octanol–water partition coefficient (Wildman–Crippen LogP) is 13.8. The van der Waals surface area contributed by atoms with Gasteiger partial charge in [0, 0.05) is 39.3 Å². The van der Waals surface area contributed by atoms with Crippen LogP contribution < -0.4 is 0 Å². The molecule has 0 aliphatic rings. The van der Waals surface area contributed by atoms with E-state index >= 15 is 0 Å². The van der Waals surface area contributed by atoms with E-state index in [-0.39, 0.29) is 0 Å². The van der Waals surface area contributed by atoms with Gasteiger partial charge >= 0.3 is 0 Å². The monoisotopic (exact) mass is 596 g/mol. The van der Waals surface area contributed by atoms with Crippen LogP contribution in [0.15, 0.2) is 66.7 Å². The summed E-state index contributed by atoms with van der Waals surface area (Å²) in [4.78, 5) is 2.92. The Morgan fingerprint density at radius 3 is 1.73 bits per heavy atom. The SMILES string of the molecule is CCCCCCCCCCCCc1cc2cc3c(cc2s1)sc1c2cc4cc(-c5ccccc5)sc4cc2sc31. The first kappa shape index (κ1) is 26.6. The summed E-state index contributed by atoms with van der Waals surface area (Å²) in [5.41, 5.74) is 1.31. The van der Waals surface area contributed by atoms with E-state index in [0.29, 0.717) is 0 Å². The fourth-order valence-electron chi connectivity index (χ4n) is 6.04. The molecular weight excluding hydrogens is 561 g/mol. The molecule has 0 N–H and O–H groups in total. The van der Waals surface area contributed by atoms with Crippen molar-refractivity contribution in [2.24, 2.45) is 0 Å². The summed E-state index contributed by atoms with van der Waals surface area (Å²) in [7, 11) is 0. The second-order valence-electron chi connectivity index (χ2n) is 11.3. The molecule has 4 aromatic heterocycles. The fourth-order valence-corrected chi connectivity index (χ4v) is 11.1. The van der Waals surface area contributed by atoms with Crippen LogP contribution >= 0.6 is 45.3 Å². The van der Waals surface area contributed by atoms with Crippen molar-refractivity contribution >= 4 is 95.1 Å². The molecule has 4 heteroatoms. The van der Waals surface area contributed by atoms with Crippen LogP contribution in [0, 0.1) is 0 Å². The molecule has 0 saturated heterocycles. The van der Waals surface area contributed by atoms with Gasteiger partial charge < -0.3 is 0 Å². The van der Waals surface area contributed by atoms with Crippen LogP contribution in [-0.4, -0.2) is 0 Å². The van der Waals surface area contributed by atoms with Gasteiger partial charge in [0.25, 0.3) is 0 Å². The Morgan fingerprint density at radius 1 is 0.500 bits per heavy atom. The zero-order valence-electron chi connectivity index (χ0n) is 23.3. The number of rotatable bonds is 12. The third-order valence-electron chi connectivity index (χ3n) is 8.24. The number of hydrogen-bond acceptors (Lipinski definition) is 4. The molecule has 0 unspecified atom stereocenters. The van der Waals surface area contributed by atoms with Crippen molar-refractivity contribution in [1.82, 2.24) is 0 Å². The van der Waals surface area contributed by atoms with Crippen LogP contribution in [0.4, 0.5) is 0 Å². The normalized spacial score (nSPS) is 12.2. The molecule has 0 radical (unpaired) electrons. The lowest BCUT2D eigenvalue weighted by atomic mass is 10.1. The highest BCUT2D eigenvalue weighted by Crippen LogP contribution is 2.48. The first-order valence-corrected chi connectivity index (χ1v) is 18.3. The lowest BCUT2D eigenvalue weighted by Crippen LogP contribution is -1.84. The van der Waals surface area contributed by atoms with Crippen LogP contribution in [0.3, 0.4) is 0 Å². The van der Waals surface area contributed by atoms with Gasteiger partial charge in [0.15, 0.2) is 0 Å². The average Bonchev–Trinajstić information content (AvgIpc) is 3.73. The maximum Gasteiger partial charge on any atom is 0.0542 e. The minimum Gasteiger partial charge on any atom is -0.140 e. The Bertz CT molecular complexity index is 1890. The van der Waals surface area contributed by atoms with Crippen molar-refractivity contribution in [3.63, 3.8) is 0 Å². The molecular formula is C36H36S4. The van der Waals surface area contributed by atoms with Gasteiger partial charge in [-0.3, -0.25) is 0 Å². The molecule has 0 nitrogen and oxygen atoms in total. The van der Waals surface area contributed by atoms with Gasteiger partial charge in [-0.1, -0.05) is 95.0 Å². The minimum atomic E-state index is 1.24. The molecule has 0 bridgehead atoms. The first-order chi connectivity index (χ1) is 19.8. The van der Waals surface area contributed by atoms with Gasteiger partial charge in [0.2, 0.25) is 0 Å². The molecule has 0 amide bonds. The molecule has 0 spiro atoms. The van der Waals surface area contributed by atoms with E-state index in [0.717, 1.165) is 0 Å². The number of unbranched alkanes of at least 4 members (excludes halogenated alkanes) is 9. The Kier molecular flexibility index (Phi) is 7.95. The Labute approximate surface area is 253 Å². The van der Waals surface area contributed by atoms with E-state index in [9.17, 15) is 0 Å². The van der Waals surface area contributed by atoms with Crippen molar-refractivity contribution in [2.45, 2.75) is 77.6 Å². The largest absolute Gasteiger partial charge is 0.140 e. The van der Waals surface area contributed by atoms with Gasteiger partial charge in [-0.05, 0) is 65.6 Å². The van der Waals surface area contributed by atoms with Crippen LogP contribution in [0.25, 0.3) is 60.2 Å². The summed E-state index contributed by atoms with van der Waals surface area (Å²) in [5, 5.41) is 5.68. The number of thiophene rings is 4. The molecule has 0 atom stereocenters. The van der Waals surface area contributed by atoms with Gasteiger partial charge in [0.1, 0.15) is 0 Å². The summed E-state index contributed by atoms with van der Waals surface area (Å²) < 4.78 is 8.65. The summed E-state index contributed by atoms with van der Waals surface area (Å²) in [6.07, 6.45) is 15.3. The molecule has 3 aromatic carbocycles. The quantitative estimate of drug-likeness (QED) is 0.123. The van der Waals surface area contributed by atoms with Crippen molar-refractivity contribution in [3.8, 4) is 10.4 Å². The number of aryl methyl sites for hydroxylation is 1. The van der Waals surface area contributed by atoms with Crippen LogP contribution in [-0.2, 0) is 6.42 Å². The lowest BCUT2D eigenvalue weighted by molar-refractivity contribution is 0.557. The van der Waals surface area contributed by atoms with E-state index in [1.165, 1.54) is 131 Å². The maximum absolute atomic E-state index is 2.48. The zero-order valence-corrected chi connectivity index (χ0v) is 26.5.